The molecule has 2 unspecified atom stereocenters. The molecule has 0 aliphatic carbocycles. The lowest BCUT2D eigenvalue weighted by Crippen LogP contribution is -2.48. The SMILES string of the molecule is O=S(=O)(NCC1CCCO1)N1CCCC(CO)C1. The molecule has 0 spiro atoms. The number of piperidine rings is 1. The zero-order valence-corrected chi connectivity index (χ0v) is 11.4. The van der Waals surface area contributed by atoms with Gasteiger partial charge in [0.05, 0.1) is 6.10 Å². The van der Waals surface area contributed by atoms with Crippen molar-refractivity contribution >= 4 is 10.2 Å². The fraction of sp³-hybridized carbons (Fsp3) is 1.00. The van der Waals surface area contributed by atoms with Crippen molar-refractivity contribution in [3.8, 4) is 0 Å². The second-order valence-electron chi connectivity index (χ2n) is 5.04. The first kappa shape index (κ1) is 14.2. The first-order valence-corrected chi connectivity index (χ1v) is 8.03. The van der Waals surface area contributed by atoms with Crippen molar-refractivity contribution in [2.24, 2.45) is 5.92 Å². The monoisotopic (exact) mass is 278 g/mol. The van der Waals surface area contributed by atoms with Crippen LogP contribution in [0.1, 0.15) is 25.7 Å². The van der Waals surface area contributed by atoms with Crippen LogP contribution < -0.4 is 4.72 Å². The van der Waals surface area contributed by atoms with E-state index in [2.05, 4.69) is 4.72 Å². The highest BCUT2D eigenvalue weighted by molar-refractivity contribution is 7.87. The predicted molar refractivity (Wildman–Crippen MR) is 67.3 cm³/mol. The van der Waals surface area contributed by atoms with Crippen molar-refractivity contribution in [1.29, 1.82) is 0 Å². The largest absolute Gasteiger partial charge is 0.396 e. The first-order valence-electron chi connectivity index (χ1n) is 6.59. The number of rotatable bonds is 5. The van der Waals surface area contributed by atoms with Gasteiger partial charge >= 0.3 is 0 Å². The molecule has 0 amide bonds. The molecule has 0 aromatic heterocycles. The Kier molecular flexibility index (Phi) is 4.97. The lowest BCUT2D eigenvalue weighted by atomic mass is 10.0. The summed E-state index contributed by atoms with van der Waals surface area (Å²) in [5.74, 6) is 0.0676. The van der Waals surface area contributed by atoms with E-state index in [-0.39, 0.29) is 18.6 Å². The van der Waals surface area contributed by atoms with Crippen LogP contribution in [-0.2, 0) is 14.9 Å². The van der Waals surface area contributed by atoms with Gasteiger partial charge in [0.2, 0.25) is 0 Å². The van der Waals surface area contributed by atoms with Gasteiger partial charge in [0.15, 0.2) is 0 Å². The van der Waals surface area contributed by atoms with Crippen molar-refractivity contribution in [2.75, 3.05) is 32.8 Å². The van der Waals surface area contributed by atoms with E-state index in [4.69, 9.17) is 9.84 Å². The molecular weight excluding hydrogens is 256 g/mol. The van der Waals surface area contributed by atoms with Crippen molar-refractivity contribution in [3.63, 3.8) is 0 Å². The summed E-state index contributed by atoms with van der Waals surface area (Å²) in [7, 11) is -3.42. The van der Waals surface area contributed by atoms with Gasteiger partial charge in [-0.15, -0.1) is 0 Å². The molecule has 2 saturated heterocycles. The zero-order valence-electron chi connectivity index (χ0n) is 10.5. The summed E-state index contributed by atoms with van der Waals surface area (Å²) in [6.45, 7) is 2.08. The highest BCUT2D eigenvalue weighted by atomic mass is 32.2. The molecule has 2 aliphatic rings. The Labute approximate surface area is 108 Å². The van der Waals surface area contributed by atoms with E-state index < -0.39 is 10.2 Å². The number of hydrogen-bond acceptors (Lipinski definition) is 4. The van der Waals surface area contributed by atoms with E-state index in [1.807, 2.05) is 0 Å². The number of nitrogens with zero attached hydrogens (tertiary/aromatic N) is 1. The molecule has 106 valence electrons. The van der Waals surface area contributed by atoms with E-state index >= 15 is 0 Å². The summed E-state index contributed by atoms with van der Waals surface area (Å²) in [6, 6.07) is 0. The van der Waals surface area contributed by atoms with Gasteiger partial charge in [-0.2, -0.15) is 17.4 Å². The molecule has 2 fully saturated rings. The molecule has 6 nitrogen and oxygen atoms in total. The van der Waals surface area contributed by atoms with Gasteiger partial charge in [-0.1, -0.05) is 0 Å². The maximum Gasteiger partial charge on any atom is 0.279 e. The van der Waals surface area contributed by atoms with E-state index in [0.717, 1.165) is 32.3 Å². The summed E-state index contributed by atoms with van der Waals surface area (Å²) in [6.07, 6.45) is 3.64. The normalized spacial score (nSPS) is 30.7. The summed E-state index contributed by atoms with van der Waals surface area (Å²) in [5, 5.41) is 9.12. The number of nitrogens with one attached hydrogen (secondary N) is 1. The lowest BCUT2D eigenvalue weighted by Gasteiger charge is -2.31. The molecule has 0 bridgehead atoms. The molecule has 2 rings (SSSR count). The van der Waals surface area contributed by atoms with Crippen LogP contribution in [0.25, 0.3) is 0 Å². The van der Waals surface area contributed by atoms with Gasteiger partial charge in [-0.25, -0.2) is 0 Å². The minimum atomic E-state index is -3.42. The molecule has 2 N–H and O–H groups in total. The summed E-state index contributed by atoms with van der Waals surface area (Å²) in [4.78, 5) is 0. The second-order valence-corrected chi connectivity index (χ2v) is 6.79. The van der Waals surface area contributed by atoms with E-state index in [9.17, 15) is 8.42 Å². The molecular formula is C11H22N2O4S. The minimum absolute atomic E-state index is 0.0122. The average molecular weight is 278 g/mol. The fourth-order valence-corrected chi connectivity index (χ4v) is 3.84. The van der Waals surface area contributed by atoms with E-state index in [0.29, 0.717) is 19.6 Å². The minimum Gasteiger partial charge on any atom is -0.396 e. The summed E-state index contributed by atoms with van der Waals surface area (Å²) >= 11 is 0. The molecule has 2 heterocycles. The number of ether oxygens (including phenoxy) is 1. The van der Waals surface area contributed by atoms with Gasteiger partial charge in [-0.05, 0) is 31.6 Å². The first-order chi connectivity index (χ1) is 8.62. The molecule has 0 aromatic rings. The Bertz CT molecular complexity index is 354. The Morgan fingerprint density at radius 1 is 1.33 bits per heavy atom. The van der Waals surface area contributed by atoms with Crippen molar-refractivity contribution < 1.29 is 18.3 Å². The van der Waals surface area contributed by atoms with Crippen LogP contribution in [0.15, 0.2) is 0 Å². The maximum absolute atomic E-state index is 12.1. The van der Waals surface area contributed by atoms with Crippen LogP contribution >= 0.6 is 0 Å². The van der Waals surface area contributed by atoms with Crippen LogP contribution in [0.3, 0.4) is 0 Å². The van der Waals surface area contributed by atoms with Crippen molar-refractivity contribution in [1.82, 2.24) is 9.03 Å². The molecule has 7 heteroatoms. The molecule has 0 radical (unpaired) electrons. The van der Waals surface area contributed by atoms with Gasteiger partial charge in [0.25, 0.3) is 10.2 Å². The Morgan fingerprint density at radius 3 is 2.83 bits per heavy atom. The number of aliphatic hydroxyl groups excluding tert-OH is 1. The molecule has 18 heavy (non-hydrogen) atoms. The van der Waals surface area contributed by atoms with Gasteiger partial charge < -0.3 is 9.84 Å². The lowest BCUT2D eigenvalue weighted by molar-refractivity contribution is 0.113. The predicted octanol–water partition coefficient (Wildman–Crippen LogP) is -0.296. The highest BCUT2D eigenvalue weighted by Crippen LogP contribution is 2.18. The van der Waals surface area contributed by atoms with Crippen LogP contribution in [0, 0.1) is 5.92 Å². The Morgan fingerprint density at radius 2 is 2.17 bits per heavy atom. The third kappa shape index (κ3) is 3.64. The fourth-order valence-electron chi connectivity index (χ4n) is 2.49. The van der Waals surface area contributed by atoms with Gasteiger partial charge in [0, 0.05) is 32.8 Å². The zero-order chi connectivity index (χ0) is 13.0. The third-order valence-electron chi connectivity index (χ3n) is 3.60. The Hall–Kier alpha value is -0.210. The summed E-state index contributed by atoms with van der Waals surface area (Å²) in [5.41, 5.74) is 0. The van der Waals surface area contributed by atoms with Crippen LogP contribution in [0.2, 0.25) is 0 Å². The van der Waals surface area contributed by atoms with E-state index in [1.54, 1.807) is 0 Å². The molecule has 0 saturated carbocycles. The molecule has 0 aromatic carbocycles. The standard InChI is InChI=1S/C11H22N2O4S/c14-9-10-3-1-5-13(8-10)18(15,16)12-7-11-4-2-6-17-11/h10-12,14H,1-9H2. The van der Waals surface area contributed by atoms with E-state index in [1.165, 1.54) is 4.31 Å². The smallest absolute Gasteiger partial charge is 0.279 e. The molecule has 2 atom stereocenters. The second kappa shape index (κ2) is 6.29. The molecule has 2 aliphatic heterocycles. The van der Waals surface area contributed by atoms with Crippen molar-refractivity contribution in [3.05, 3.63) is 0 Å². The van der Waals surface area contributed by atoms with Crippen LogP contribution in [-0.4, -0.2) is 56.8 Å². The highest BCUT2D eigenvalue weighted by Gasteiger charge is 2.29. The summed E-state index contributed by atoms with van der Waals surface area (Å²) < 4.78 is 33.6. The van der Waals surface area contributed by atoms with Gasteiger partial charge in [0.1, 0.15) is 0 Å². The van der Waals surface area contributed by atoms with Crippen molar-refractivity contribution in [2.45, 2.75) is 31.8 Å². The maximum atomic E-state index is 12.1. The topological polar surface area (TPSA) is 78.9 Å². The number of hydrogen-bond donors (Lipinski definition) is 2. The quantitative estimate of drug-likeness (QED) is 0.724. The van der Waals surface area contributed by atoms with Crippen LogP contribution in [0.5, 0.6) is 0 Å². The van der Waals surface area contributed by atoms with Crippen LogP contribution in [0.4, 0.5) is 0 Å². The third-order valence-corrected chi connectivity index (χ3v) is 5.14. The average Bonchev–Trinajstić information content (AvgIpc) is 2.90. The van der Waals surface area contributed by atoms with Gasteiger partial charge in [-0.3, -0.25) is 0 Å². The Balaban J connectivity index is 1.84. The number of aliphatic hydroxyl groups is 1.